The van der Waals surface area contributed by atoms with Gasteiger partial charge in [-0.25, -0.2) is 19.0 Å². The zero-order valence-corrected chi connectivity index (χ0v) is 23.9. The van der Waals surface area contributed by atoms with Crippen molar-refractivity contribution in [2.75, 3.05) is 0 Å². The number of hydrogen-bond acceptors (Lipinski definition) is 6. The van der Waals surface area contributed by atoms with Gasteiger partial charge in [0.25, 0.3) is 0 Å². The van der Waals surface area contributed by atoms with Crippen molar-refractivity contribution < 1.29 is 0 Å². The molecular formula is C28H17Cl3N6S2. The van der Waals surface area contributed by atoms with E-state index in [1.807, 2.05) is 94.2 Å². The first-order chi connectivity index (χ1) is 19.0. The van der Waals surface area contributed by atoms with Gasteiger partial charge in [-0.3, -0.25) is 0 Å². The third-order valence-corrected chi connectivity index (χ3v) is 9.18. The minimum absolute atomic E-state index is 0.0671. The molecule has 7 aromatic rings. The molecule has 0 aliphatic carbocycles. The van der Waals surface area contributed by atoms with Crippen molar-refractivity contribution in [1.82, 2.24) is 29.2 Å². The Bertz CT molecular complexity index is 1740. The highest BCUT2D eigenvalue weighted by Gasteiger charge is 2.25. The van der Waals surface area contributed by atoms with Crippen LogP contribution in [0.4, 0.5) is 0 Å². The van der Waals surface area contributed by atoms with E-state index in [0.29, 0.717) is 15.1 Å². The van der Waals surface area contributed by atoms with Crippen LogP contribution in [0, 0.1) is 0 Å². The predicted octanol–water partition coefficient (Wildman–Crippen LogP) is 8.56. The van der Waals surface area contributed by atoms with E-state index < -0.39 is 0 Å². The van der Waals surface area contributed by atoms with E-state index in [-0.39, 0.29) is 5.92 Å². The molecule has 4 aromatic heterocycles. The molecule has 11 heteroatoms. The highest BCUT2D eigenvalue weighted by molar-refractivity contribution is 7.18. The predicted molar refractivity (Wildman–Crippen MR) is 160 cm³/mol. The molecule has 0 aliphatic heterocycles. The topological polar surface area (TPSA) is 60.4 Å². The Morgan fingerprint density at radius 2 is 1.00 bits per heavy atom. The van der Waals surface area contributed by atoms with Crippen LogP contribution in [0.1, 0.15) is 21.5 Å². The Balaban J connectivity index is 1.25. The van der Waals surface area contributed by atoms with Gasteiger partial charge in [0, 0.05) is 26.2 Å². The Kier molecular flexibility index (Phi) is 6.37. The summed E-state index contributed by atoms with van der Waals surface area (Å²) in [5.41, 5.74) is 4.85. The van der Waals surface area contributed by atoms with Crippen molar-refractivity contribution in [2.45, 2.75) is 12.3 Å². The van der Waals surface area contributed by atoms with E-state index in [2.05, 4.69) is 0 Å². The first kappa shape index (κ1) is 24.7. The molecule has 0 N–H and O–H groups in total. The third-order valence-electron chi connectivity index (χ3n) is 6.35. The van der Waals surface area contributed by atoms with E-state index in [1.165, 1.54) is 0 Å². The van der Waals surface area contributed by atoms with Crippen molar-refractivity contribution in [3.8, 4) is 22.5 Å². The molecule has 0 radical (unpaired) electrons. The molecule has 0 atom stereocenters. The van der Waals surface area contributed by atoms with Crippen LogP contribution in [-0.4, -0.2) is 29.2 Å². The number of hydrogen-bond donors (Lipinski definition) is 0. The normalized spacial score (nSPS) is 11.8. The van der Waals surface area contributed by atoms with E-state index >= 15 is 0 Å². The van der Waals surface area contributed by atoms with Gasteiger partial charge in [0.1, 0.15) is 10.0 Å². The van der Waals surface area contributed by atoms with Gasteiger partial charge < -0.3 is 0 Å². The molecule has 6 nitrogen and oxygen atoms in total. The summed E-state index contributed by atoms with van der Waals surface area (Å²) in [6.45, 7) is 0. The number of nitrogens with zero attached hydrogens (tertiary/aromatic N) is 6. The van der Waals surface area contributed by atoms with Crippen LogP contribution in [0.25, 0.3) is 32.4 Å². The van der Waals surface area contributed by atoms with Crippen LogP contribution in [0.15, 0.2) is 85.2 Å². The smallest absolute Gasteiger partial charge is 0.212 e. The van der Waals surface area contributed by atoms with Crippen LogP contribution in [-0.2, 0) is 6.42 Å². The molecule has 7 rings (SSSR count). The van der Waals surface area contributed by atoms with Crippen molar-refractivity contribution in [1.29, 1.82) is 0 Å². The van der Waals surface area contributed by atoms with E-state index in [0.717, 1.165) is 54.4 Å². The lowest BCUT2D eigenvalue weighted by atomic mass is 10.0. The number of halogens is 3. The molecule has 39 heavy (non-hydrogen) atoms. The SMILES string of the molecule is Clc1ccc(CC(c2nn3cc(-c4ccc(Cl)cc4)nc3s2)c2nn3cc(-c4ccc(Cl)cc4)nc3s2)cc1. The number of imidazole rings is 2. The number of rotatable bonds is 6. The highest BCUT2D eigenvalue weighted by Crippen LogP contribution is 2.36. The summed E-state index contributed by atoms with van der Waals surface area (Å²) < 4.78 is 3.69. The summed E-state index contributed by atoms with van der Waals surface area (Å²) in [5.74, 6) is -0.0671. The molecule has 0 amide bonds. The van der Waals surface area contributed by atoms with Gasteiger partial charge in [-0.2, -0.15) is 10.2 Å². The molecule has 0 aliphatic rings. The molecular weight excluding hydrogens is 591 g/mol. The van der Waals surface area contributed by atoms with E-state index in [1.54, 1.807) is 22.7 Å². The number of aromatic nitrogens is 6. The second kappa shape index (κ2) is 10.0. The van der Waals surface area contributed by atoms with Gasteiger partial charge in [0.2, 0.25) is 9.92 Å². The summed E-state index contributed by atoms with van der Waals surface area (Å²) in [7, 11) is 0. The molecule has 0 saturated carbocycles. The lowest BCUT2D eigenvalue weighted by Crippen LogP contribution is -2.06. The van der Waals surface area contributed by atoms with Gasteiger partial charge in [0.05, 0.1) is 29.7 Å². The van der Waals surface area contributed by atoms with Gasteiger partial charge in [-0.1, -0.05) is 93.9 Å². The molecule has 0 bridgehead atoms. The van der Waals surface area contributed by atoms with Gasteiger partial charge in [-0.15, -0.1) is 0 Å². The fraction of sp³-hybridized carbons (Fsp3) is 0.0714. The standard InChI is InChI=1S/C28H17Cl3N6S2/c29-19-7-1-16(2-8-19)13-22(25-34-36-14-23(32-27(36)38-25)17-3-9-20(30)10-4-17)26-35-37-15-24(33-28(37)39-26)18-5-11-21(31)12-6-18/h1-12,14-15,22H,13H2. The fourth-order valence-corrected chi connectivity index (χ4v) is 6.79. The monoisotopic (exact) mass is 606 g/mol. The first-order valence-corrected chi connectivity index (χ1v) is 14.7. The van der Waals surface area contributed by atoms with Crippen LogP contribution in [0.3, 0.4) is 0 Å². The number of benzene rings is 3. The molecule has 0 saturated heterocycles. The summed E-state index contributed by atoms with van der Waals surface area (Å²) in [6, 6.07) is 23.2. The Hall–Kier alpha value is -3.27. The summed E-state index contributed by atoms with van der Waals surface area (Å²) in [6.07, 6.45) is 4.62. The minimum Gasteiger partial charge on any atom is -0.217 e. The Morgan fingerprint density at radius 3 is 1.41 bits per heavy atom. The maximum atomic E-state index is 6.15. The summed E-state index contributed by atoms with van der Waals surface area (Å²) >= 11 is 21.4. The van der Waals surface area contributed by atoms with Crippen LogP contribution < -0.4 is 0 Å². The quantitative estimate of drug-likeness (QED) is 0.190. The average molecular weight is 608 g/mol. The molecule has 3 aromatic carbocycles. The van der Waals surface area contributed by atoms with Gasteiger partial charge in [-0.05, 0) is 48.4 Å². The zero-order valence-electron chi connectivity index (χ0n) is 20.0. The Morgan fingerprint density at radius 1 is 0.590 bits per heavy atom. The third kappa shape index (κ3) is 4.95. The molecule has 4 heterocycles. The van der Waals surface area contributed by atoms with Crippen LogP contribution >= 0.6 is 57.5 Å². The second-order valence-electron chi connectivity index (χ2n) is 8.98. The highest BCUT2D eigenvalue weighted by atomic mass is 35.5. The van der Waals surface area contributed by atoms with Gasteiger partial charge in [0.15, 0.2) is 0 Å². The van der Waals surface area contributed by atoms with Crippen molar-refractivity contribution in [3.63, 3.8) is 0 Å². The fourth-order valence-electron chi connectivity index (χ4n) is 4.37. The summed E-state index contributed by atoms with van der Waals surface area (Å²) in [5, 5.41) is 13.8. The van der Waals surface area contributed by atoms with Crippen molar-refractivity contribution in [2.24, 2.45) is 0 Å². The second-order valence-corrected chi connectivity index (χ2v) is 12.3. The van der Waals surface area contributed by atoms with E-state index in [4.69, 9.17) is 55.0 Å². The van der Waals surface area contributed by atoms with Crippen LogP contribution in [0.5, 0.6) is 0 Å². The van der Waals surface area contributed by atoms with Gasteiger partial charge >= 0.3 is 0 Å². The van der Waals surface area contributed by atoms with Crippen molar-refractivity contribution in [3.05, 3.63) is 116 Å². The maximum Gasteiger partial charge on any atom is 0.212 e. The lowest BCUT2D eigenvalue weighted by Gasteiger charge is -2.11. The lowest BCUT2D eigenvalue weighted by molar-refractivity contribution is 0.737. The zero-order chi connectivity index (χ0) is 26.5. The molecule has 0 fully saturated rings. The minimum atomic E-state index is -0.0671. The number of fused-ring (bicyclic) bond motifs is 2. The Labute approximate surface area is 246 Å². The molecule has 192 valence electrons. The molecule has 0 unspecified atom stereocenters. The van der Waals surface area contributed by atoms with E-state index in [9.17, 15) is 0 Å². The average Bonchev–Trinajstić information content (AvgIpc) is 3.69. The van der Waals surface area contributed by atoms with Crippen LogP contribution in [0.2, 0.25) is 15.1 Å². The largest absolute Gasteiger partial charge is 0.217 e. The van der Waals surface area contributed by atoms with Crippen molar-refractivity contribution >= 4 is 67.4 Å². The maximum absolute atomic E-state index is 6.15. The molecule has 0 spiro atoms. The summed E-state index contributed by atoms with van der Waals surface area (Å²) in [4.78, 5) is 11.3. The first-order valence-electron chi connectivity index (χ1n) is 12.0.